The van der Waals surface area contributed by atoms with Crippen molar-refractivity contribution in [3.05, 3.63) is 30.2 Å². The maximum Gasteiger partial charge on any atom is 0.232 e. The van der Waals surface area contributed by atoms with Crippen molar-refractivity contribution in [2.24, 2.45) is 11.1 Å². The Labute approximate surface area is 134 Å². The van der Waals surface area contributed by atoms with E-state index < -0.39 is 5.41 Å². The predicted molar refractivity (Wildman–Crippen MR) is 84.6 cm³/mol. The Morgan fingerprint density at radius 3 is 2.83 bits per heavy atom. The van der Waals surface area contributed by atoms with Gasteiger partial charge in [0.2, 0.25) is 17.6 Å². The molecule has 3 N–H and O–H groups in total. The van der Waals surface area contributed by atoms with Crippen LogP contribution < -0.4 is 11.1 Å². The summed E-state index contributed by atoms with van der Waals surface area (Å²) in [5.74, 6) is 0.932. The van der Waals surface area contributed by atoms with Crippen LogP contribution in [-0.4, -0.2) is 35.8 Å². The smallest absolute Gasteiger partial charge is 0.232 e. The van der Waals surface area contributed by atoms with Gasteiger partial charge in [-0.05, 0) is 25.0 Å². The van der Waals surface area contributed by atoms with E-state index in [4.69, 9.17) is 15.0 Å². The number of amides is 1. The summed E-state index contributed by atoms with van der Waals surface area (Å²) in [6.07, 6.45) is 1.28. The van der Waals surface area contributed by atoms with Gasteiger partial charge in [-0.1, -0.05) is 17.3 Å². The highest BCUT2D eigenvalue weighted by molar-refractivity contribution is 5.96. The molecule has 0 atom stereocenters. The number of anilines is 1. The molecular formula is C16H20N4O3. The number of hydrogen-bond donors (Lipinski definition) is 2. The minimum atomic E-state index is -0.559. The normalized spacial score (nSPS) is 17.0. The fraction of sp³-hybridized carbons (Fsp3) is 0.438. The van der Waals surface area contributed by atoms with Gasteiger partial charge in [0.05, 0.1) is 5.41 Å². The molecule has 3 rings (SSSR count). The van der Waals surface area contributed by atoms with Gasteiger partial charge in [-0.2, -0.15) is 4.98 Å². The van der Waals surface area contributed by atoms with E-state index in [2.05, 4.69) is 15.5 Å². The zero-order valence-electron chi connectivity index (χ0n) is 13.0. The van der Waals surface area contributed by atoms with Crippen molar-refractivity contribution in [2.45, 2.75) is 19.8 Å². The molecule has 7 heteroatoms. The standard InChI is InChI=1S/C16H20N4O3/c1-11-18-14(20-23-11)12-3-2-4-13(9-12)19-15(21)16(10-17)5-7-22-8-6-16/h2-4,9H,5-8,10,17H2,1H3,(H,19,21). The van der Waals surface area contributed by atoms with Crippen molar-refractivity contribution in [3.8, 4) is 11.4 Å². The second kappa shape index (κ2) is 6.47. The molecule has 1 amide bonds. The number of benzene rings is 1. The van der Waals surface area contributed by atoms with Crippen molar-refractivity contribution in [1.82, 2.24) is 10.1 Å². The van der Waals surface area contributed by atoms with Gasteiger partial charge in [-0.3, -0.25) is 4.79 Å². The van der Waals surface area contributed by atoms with Crippen LogP contribution in [0.4, 0.5) is 5.69 Å². The second-order valence-corrected chi connectivity index (χ2v) is 5.77. The summed E-state index contributed by atoms with van der Waals surface area (Å²) in [5, 5.41) is 6.85. The third kappa shape index (κ3) is 3.25. The van der Waals surface area contributed by atoms with E-state index >= 15 is 0 Å². The topological polar surface area (TPSA) is 103 Å². The molecule has 7 nitrogen and oxygen atoms in total. The van der Waals surface area contributed by atoms with Crippen LogP contribution in [0.25, 0.3) is 11.4 Å². The lowest BCUT2D eigenvalue weighted by molar-refractivity contribution is -0.130. The second-order valence-electron chi connectivity index (χ2n) is 5.77. The van der Waals surface area contributed by atoms with Crippen LogP contribution in [0.1, 0.15) is 18.7 Å². The van der Waals surface area contributed by atoms with E-state index in [0.29, 0.717) is 50.0 Å². The molecular weight excluding hydrogens is 296 g/mol. The van der Waals surface area contributed by atoms with E-state index in [1.165, 1.54) is 0 Å². The molecule has 1 fully saturated rings. The summed E-state index contributed by atoms with van der Waals surface area (Å²) in [5.41, 5.74) is 6.78. The molecule has 1 aliphatic heterocycles. The lowest BCUT2D eigenvalue weighted by Gasteiger charge is -2.34. The third-order valence-electron chi connectivity index (χ3n) is 4.23. The number of nitrogens with one attached hydrogen (secondary N) is 1. The van der Waals surface area contributed by atoms with Gasteiger partial charge in [0.15, 0.2) is 0 Å². The molecule has 0 spiro atoms. The van der Waals surface area contributed by atoms with Crippen LogP contribution in [0.5, 0.6) is 0 Å². The van der Waals surface area contributed by atoms with Gasteiger partial charge in [0.1, 0.15) is 0 Å². The number of nitrogens with two attached hydrogens (primary N) is 1. The Kier molecular flexibility index (Phi) is 4.40. The van der Waals surface area contributed by atoms with Crippen LogP contribution in [0, 0.1) is 12.3 Å². The monoisotopic (exact) mass is 316 g/mol. The van der Waals surface area contributed by atoms with Gasteiger partial charge in [0, 0.05) is 37.9 Å². The molecule has 0 radical (unpaired) electrons. The largest absolute Gasteiger partial charge is 0.381 e. The highest BCUT2D eigenvalue weighted by Gasteiger charge is 2.38. The molecule has 2 heterocycles. The van der Waals surface area contributed by atoms with Gasteiger partial charge in [0.25, 0.3) is 0 Å². The molecule has 0 saturated carbocycles. The average molecular weight is 316 g/mol. The van der Waals surface area contributed by atoms with Gasteiger partial charge in [-0.15, -0.1) is 0 Å². The minimum absolute atomic E-state index is 0.0651. The highest BCUT2D eigenvalue weighted by Crippen LogP contribution is 2.31. The maximum absolute atomic E-state index is 12.7. The van der Waals surface area contributed by atoms with Crippen LogP contribution in [0.2, 0.25) is 0 Å². The minimum Gasteiger partial charge on any atom is -0.381 e. The molecule has 1 aliphatic rings. The molecule has 0 aliphatic carbocycles. The summed E-state index contributed by atoms with van der Waals surface area (Å²) in [6, 6.07) is 7.37. The van der Waals surface area contributed by atoms with Crippen LogP contribution in [-0.2, 0) is 9.53 Å². The summed E-state index contributed by atoms with van der Waals surface area (Å²) in [7, 11) is 0. The van der Waals surface area contributed by atoms with Crippen LogP contribution in [0.3, 0.4) is 0 Å². The molecule has 2 aromatic rings. The Morgan fingerprint density at radius 1 is 1.39 bits per heavy atom. The Balaban J connectivity index is 1.78. The summed E-state index contributed by atoms with van der Waals surface area (Å²) >= 11 is 0. The molecule has 0 bridgehead atoms. The van der Waals surface area contributed by atoms with E-state index in [1.54, 1.807) is 6.92 Å². The van der Waals surface area contributed by atoms with Gasteiger partial charge < -0.3 is 20.3 Å². The lowest BCUT2D eigenvalue weighted by atomic mass is 9.79. The number of ether oxygens (including phenoxy) is 1. The number of carbonyl (C=O) groups is 1. The third-order valence-corrected chi connectivity index (χ3v) is 4.23. The summed E-state index contributed by atoms with van der Waals surface area (Å²) in [4.78, 5) is 16.9. The number of hydrogen-bond acceptors (Lipinski definition) is 6. The number of aromatic nitrogens is 2. The SMILES string of the molecule is Cc1nc(-c2cccc(NC(=O)C3(CN)CCOCC3)c2)no1. The van der Waals surface area contributed by atoms with Gasteiger partial charge in [-0.25, -0.2) is 0 Å². The molecule has 1 aromatic carbocycles. The number of nitrogens with zero attached hydrogens (tertiary/aromatic N) is 2. The van der Waals surface area contributed by atoms with Crippen LogP contribution in [0.15, 0.2) is 28.8 Å². The Hall–Kier alpha value is -2.25. The zero-order valence-corrected chi connectivity index (χ0v) is 13.0. The average Bonchev–Trinajstić information content (AvgIpc) is 3.02. The van der Waals surface area contributed by atoms with E-state index in [0.717, 1.165) is 5.56 Å². The first-order valence-corrected chi connectivity index (χ1v) is 7.63. The Morgan fingerprint density at radius 2 is 2.17 bits per heavy atom. The van der Waals surface area contributed by atoms with E-state index in [9.17, 15) is 4.79 Å². The molecule has 1 saturated heterocycles. The number of aryl methyl sites for hydroxylation is 1. The van der Waals surface area contributed by atoms with E-state index in [-0.39, 0.29) is 5.91 Å². The summed E-state index contributed by atoms with van der Waals surface area (Å²) < 4.78 is 10.3. The number of carbonyl (C=O) groups excluding carboxylic acids is 1. The van der Waals surface area contributed by atoms with Crippen molar-refractivity contribution in [3.63, 3.8) is 0 Å². The van der Waals surface area contributed by atoms with E-state index in [1.807, 2.05) is 24.3 Å². The highest BCUT2D eigenvalue weighted by atomic mass is 16.5. The van der Waals surface area contributed by atoms with Crippen LogP contribution >= 0.6 is 0 Å². The quantitative estimate of drug-likeness (QED) is 0.890. The van der Waals surface area contributed by atoms with Crippen molar-refractivity contribution < 1.29 is 14.1 Å². The van der Waals surface area contributed by atoms with Crippen molar-refractivity contribution in [1.29, 1.82) is 0 Å². The number of rotatable bonds is 4. The Bertz CT molecular complexity index is 692. The fourth-order valence-electron chi connectivity index (χ4n) is 2.70. The predicted octanol–water partition coefficient (Wildman–Crippen LogP) is 1.74. The maximum atomic E-state index is 12.7. The molecule has 122 valence electrons. The van der Waals surface area contributed by atoms with Gasteiger partial charge >= 0.3 is 0 Å². The first kappa shape index (κ1) is 15.6. The lowest BCUT2D eigenvalue weighted by Crippen LogP contribution is -2.46. The molecule has 23 heavy (non-hydrogen) atoms. The molecule has 1 aromatic heterocycles. The first-order valence-electron chi connectivity index (χ1n) is 7.63. The van der Waals surface area contributed by atoms with Crippen molar-refractivity contribution >= 4 is 11.6 Å². The summed E-state index contributed by atoms with van der Waals surface area (Å²) in [6.45, 7) is 3.17. The molecule has 0 unspecified atom stereocenters. The zero-order chi connectivity index (χ0) is 16.3. The fourth-order valence-corrected chi connectivity index (χ4v) is 2.70. The van der Waals surface area contributed by atoms with Crippen molar-refractivity contribution in [2.75, 3.05) is 25.1 Å². The first-order chi connectivity index (χ1) is 11.1.